The number of nitrogen functional groups attached to an aromatic ring is 2. The molecule has 0 radical (unpaired) electrons. The van der Waals surface area contributed by atoms with Crippen LogP contribution in [0.4, 0.5) is 22.7 Å². The van der Waals surface area contributed by atoms with Gasteiger partial charge in [-0.05, 0) is 58.7 Å². The molecule has 0 aliphatic heterocycles. The first kappa shape index (κ1) is 31.2. The minimum atomic E-state index is -4.28. The molecule has 0 fully saturated rings. The molecule has 0 aliphatic carbocycles. The van der Waals surface area contributed by atoms with Gasteiger partial charge in [-0.15, -0.1) is 0 Å². The summed E-state index contributed by atoms with van der Waals surface area (Å²) < 4.78 is 29.1. The molecule has 4 aromatic carbocycles. The Kier molecular flexibility index (Phi) is 9.50. The second-order valence-corrected chi connectivity index (χ2v) is 12.5. The Bertz CT molecular complexity index is 1710. The molecular formula is C30H24Cl2N4O6S. The fourth-order valence-corrected chi connectivity index (χ4v) is 6.66. The average Bonchev–Trinajstić information content (AvgIpc) is 2.97. The van der Waals surface area contributed by atoms with Gasteiger partial charge < -0.3 is 11.5 Å². The number of sulfone groups is 1. The first-order chi connectivity index (χ1) is 20.4. The van der Waals surface area contributed by atoms with Gasteiger partial charge in [-0.25, -0.2) is 8.42 Å². The van der Waals surface area contributed by atoms with Crippen LogP contribution in [0.15, 0.2) is 97.1 Å². The van der Waals surface area contributed by atoms with Gasteiger partial charge in [-0.3, -0.25) is 20.2 Å². The van der Waals surface area contributed by atoms with Crippen molar-refractivity contribution in [3.8, 4) is 0 Å². The maximum Gasteiger partial charge on any atom is 0.269 e. The number of nitrogens with zero attached hydrogens (tertiary/aromatic N) is 2. The third kappa shape index (κ3) is 7.39. The minimum Gasteiger partial charge on any atom is -0.398 e. The molecule has 2 atom stereocenters. The lowest BCUT2D eigenvalue weighted by Crippen LogP contribution is -2.19. The average molecular weight is 640 g/mol. The molecular weight excluding hydrogens is 615 g/mol. The van der Waals surface area contributed by atoms with Crippen molar-refractivity contribution >= 4 is 67.9 Å². The zero-order chi connectivity index (χ0) is 31.3. The monoisotopic (exact) mass is 638 g/mol. The molecule has 0 heterocycles. The van der Waals surface area contributed by atoms with Crippen molar-refractivity contribution in [2.24, 2.45) is 0 Å². The van der Waals surface area contributed by atoms with Gasteiger partial charge in [0, 0.05) is 45.7 Å². The maximum atomic E-state index is 14.5. The Morgan fingerprint density at radius 3 is 1.30 bits per heavy atom. The molecule has 43 heavy (non-hydrogen) atoms. The van der Waals surface area contributed by atoms with Crippen LogP contribution in [-0.2, 0) is 9.84 Å². The van der Waals surface area contributed by atoms with Crippen molar-refractivity contribution in [2.75, 3.05) is 11.5 Å². The molecule has 0 spiro atoms. The van der Waals surface area contributed by atoms with Crippen molar-refractivity contribution in [1.82, 2.24) is 0 Å². The van der Waals surface area contributed by atoms with E-state index in [1.165, 1.54) is 72.8 Å². The molecule has 13 heteroatoms. The Labute approximate surface area is 257 Å². The van der Waals surface area contributed by atoms with Crippen LogP contribution >= 0.6 is 23.2 Å². The standard InChI is InChI=1S/C30H24Cl2N4O6S/c31-23-7-13-27(33)21(17-23)5-15-29(19-1-9-25(10-2-19)35(37)38)43(41,42)30(20-3-11-26(12-4-20)36(39)40)16-6-22-18-24(32)8-14-28(22)34/h1-18,29-30H,33-34H2. The van der Waals surface area contributed by atoms with Crippen LogP contribution in [-0.4, -0.2) is 18.3 Å². The quantitative estimate of drug-likeness (QED) is 0.101. The van der Waals surface area contributed by atoms with E-state index in [0.717, 1.165) is 0 Å². The number of rotatable bonds is 10. The Morgan fingerprint density at radius 1 is 0.628 bits per heavy atom. The smallest absolute Gasteiger partial charge is 0.269 e. The lowest BCUT2D eigenvalue weighted by molar-refractivity contribution is -0.385. The molecule has 0 aromatic heterocycles. The van der Waals surface area contributed by atoms with E-state index < -0.39 is 30.2 Å². The molecule has 4 aromatic rings. The topological polar surface area (TPSA) is 172 Å². The van der Waals surface area contributed by atoms with Gasteiger partial charge in [0.25, 0.3) is 11.4 Å². The Hall–Kier alpha value is -4.71. The predicted molar refractivity (Wildman–Crippen MR) is 170 cm³/mol. The summed E-state index contributed by atoms with van der Waals surface area (Å²) in [5, 5.41) is 20.6. The highest BCUT2D eigenvalue weighted by atomic mass is 35.5. The number of anilines is 2. The van der Waals surface area contributed by atoms with Gasteiger partial charge in [0.15, 0.2) is 9.84 Å². The van der Waals surface area contributed by atoms with Gasteiger partial charge in [0.05, 0.1) is 9.85 Å². The number of hydrogen-bond donors (Lipinski definition) is 2. The highest BCUT2D eigenvalue weighted by Crippen LogP contribution is 2.39. The largest absolute Gasteiger partial charge is 0.398 e. The number of nitrogens with two attached hydrogens (primary N) is 2. The van der Waals surface area contributed by atoms with Crippen LogP contribution in [0.2, 0.25) is 10.0 Å². The number of nitro groups is 2. The SMILES string of the molecule is Nc1ccc(Cl)cc1C=CC(c1ccc([N+](=O)[O-])cc1)S(=O)(=O)C(C=Cc1cc(Cl)ccc1N)c1ccc([N+](=O)[O-])cc1. The van der Waals surface area contributed by atoms with Crippen LogP contribution in [0.5, 0.6) is 0 Å². The zero-order valence-corrected chi connectivity index (χ0v) is 24.5. The van der Waals surface area contributed by atoms with Gasteiger partial charge >= 0.3 is 0 Å². The van der Waals surface area contributed by atoms with E-state index in [-0.39, 0.29) is 22.5 Å². The molecule has 220 valence electrons. The third-order valence-electron chi connectivity index (χ3n) is 6.57. The molecule has 0 amide bonds. The van der Waals surface area contributed by atoms with Crippen LogP contribution in [0.25, 0.3) is 12.2 Å². The Morgan fingerprint density at radius 2 is 0.977 bits per heavy atom. The molecule has 4 N–H and O–H groups in total. The molecule has 10 nitrogen and oxygen atoms in total. The first-order valence-corrected chi connectivity index (χ1v) is 14.9. The number of halogens is 2. The second-order valence-electron chi connectivity index (χ2n) is 9.39. The summed E-state index contributed by atoms with van der Waals surface area (Å²) in [5.41, 5.74) is 13.8. The van der Waals surface area contributed by atoms with Crippen LogP contribution < -0.4 is 11.5 Å². The zero-order valence-electron chi connectivity index (χ0n) is 22.2. The summed E-state index contributed by atoms with van der Waals surface area (Å²) in [6.45, 7) is 0. The molecule has 0 aliphatic rings. The van der Waals surface area contributed by atoms with Gasteiger partial charge in [-0.1, -0.05) is 71.8 Å². The van der Waals surface area contributed by atoms with E-state index in [1.807, 2.05) is 0 Å². The van der Waals surface area contributed by atoms with E-state index in [0.29, 0.717) is 32.5 Å². The van der Waals surface area contributed by atoms with Gasteiger partial charge in [0.1, 0.15) is 10.5 Å². The lowest BCUT2D eigenvalue weighted by atomic mass is 10.1. The summed E-state index contributed by atoms with van der Waals surface area (Å²) >= 11 is 12.3. The number of benzene rings is 4. The van der Waals surface area contributed by atoms with Gasteiger partial charge in [-0.2, -0.15) is 0 Å². The molecule has 0 saturated carbocycles. The highest BCUT2D eigenvalue weighted by molar-refractivity contribution is 7.92. The van der Waals surface area contributed by atoms with E-state index in [2.05, 4.69) is 0 Å². The summed E-state index contributed by atoms with van der Waals surface area (Å²) in [7, 11) is -4.28. The van der Waals surface area contributed by atoms with Crippen molar-refractivity contribution in [1.29, 1.82) is 0 Å². The minimum absolute atomic E-state index is 0.216. The second kappa shape index (κ2) is 13.1. The number of nitro benzene ring substituents is 2. The highest BCUT2D eigenvalue weighted by Gasteiger charge is 2.34. The first-order valence-electron chi connectivity index (χ1n) is 12.5. The fourth-order valence-electron chi connectivity index (χ4n) is 4.31. The molecule has 4 rings (SSSR count). The van der Waals surface area contributed by atoms with Gasteiger partial charge in [0.2, 0.25) is 0 Å². The van der Waals surface area contributed by atoms with E-state index in [1.54, 1.807) is 36.4 Å². The van der Waals surface area contributed by atoms with E-state index in [4.69, 9.17) is 34.7 Å². The summed E-state index contributed by atoms with van der Waals surface area (Å²) in [6.07, 6.45) is 5.85. The van der Waals surface area contributed by atoms with Crippen molar-refractivity contribution in [2.45, 2.75) is 10.5 Å². The predicted octanol–water partition coefficient (Wildman–Crippen LogP) is 7.60. The van der Waals surface area contributed by atoms with Crippen LogP contribution in [0.1, 0.15) is 32.8 Å². The van der Waals surface area contributed by atoms with E-state index in [9.17, 15) is 28.6 Å². The van der Waals surface area contributed by atoms with Crippen LogP contribution in [0, 0.1) is 20.2 Å². The number of non-ortho nitro benzene ring substituents is 2. The summed E-state index contributed by atoms with van der Waals surface area (Å²) in [5.74, 6) is 0. The maximum absolute atomic E-state index is 14.5. The Balaban J connectivity index is 1.90. The normalized spacial score (nSPS) is 13.3. The van der Waals surface area contributed by atoms with Crippen molar-refractivity contribution < 1.29 is 18.3 Å². The van der Waals surface area contributed by atoms with E-state index >= 15 is 0 Å². The number of hydrogen-bond acceptors (Lipinski definition) is 8. The summed E-state index contributed by atoms with van der Waals surface area (Å²) in [4.78, 5) is 21.4. The molecule has 0 saturated heterocycles. The van der Waals surface area contributed by atoms with Crippen molar-refractivity contribution in [3.05, 3.63) is 150 Å². The third-order valence-corrected chi connectivity index (χ3v) is 9.32. The molecule has 2 unspecified atom stereocenters. The summed E-state index contributed by atoms with van der Waals surface area (Å²) in [6, 6.07) is 19.8. The fraction of sp³-hybridized carbons (Fsp3) is 0.0667. The molecule has 0 bridgehead atoms. The van der Waals surface area contributed by atoms with Crippen molar-refractivity contribution in [3.63, 3.8) is 0 Å². The lowest BCUT2D eigenvalue weighted by Gasteiger charge is -2.22. The van der Waals surface area contributed by atoms with Crippen LogP contribution in [0.3, 0.4) is 0 Å².